The van der Waals surface area contributed by atoms with Gasteiger partial charge >= 0.3 is 0 Å². The summed E-state index contributed by atoms with van der Waals surface area (Å²) in [4.78, 5) is 14.4. The maximum absolute atomic E-state index is 12.2. The number of ether oxygens (including phenoxy) is 1. The number of carbonyl (C=O) groups excluding carboxylic acids is 1. The van der Waals surface area contributed by atoms with Crippen molar-refractivity contribution in [1.29, 1.82) is 0 Å². The lowest BCUT2D eigenvalue weighted by molar-refractivity contribution is -0.117. The smallest absolute Gasteiger partial charge is 0.238 e. The minimum Gasteiger partial charge on any atom is -0.494 e. The highest BCUT2D eigenvalue weighted by atomic mass is 16.5. The van der Waals surface area contributed by atoms with Crippen LogP contribution < -0.4 is 10.1 Å². The Labute approximate surface area is 146 Å². The van der Waals surface area contributed by atoms with Crippen LogP contribution in [0.3, 0.4) is 0 Å². The number of carbonyl (C=O) groups is 1. The number of benzene rings is 1. The van der Waals surface area contributed by atoms with Crippen LogP contribution >= 0.6 is 0 Å². The van der Waals surface area contributed by atoms with E-state index in [0.29, 0.717) is 18.5 Å². The number of hydrogen-bond acceptors (Lipinski definition) is 3. The monoisotopic (exact) mass is 332 g/mol. The molecular weight excluding hydrogens is 300 g/mol. The third-order valence-electron chi connectivity index (χ3n) is 4.69. The molecule has 1 aromatic rings. The van der Waals surface area contributed by atoms with Crippen LogP contribution in [0.4, 0.5) is 5.69 Å². The molecule has 4 nitrogen and oxygen atoms in total. The molecule has 134 valence electrons. The first-order valence-electron chi connectivity index (χ1n) is 9.27. The number of likely N-dealkylation sites (N-methyl/N-ethyl adjacent to an activating group) is 1. The second-order valence-electron chi connectivity index (χ2n) is 7.31. The number of amides is 1. The van der Waals surface area contributed by atoms with Crippen LogP contribution in [0, 0.1) is 5.92 Å². The van der Waals surface area contributed by atoms with Crippen LogP contribution in [0.2, 0.25) is 0 Å². The van der Waals surface area contributed by atoms with E-state index in [1.165, 1.54) is 32.1 Å². The summed E-state index contributed by atoms with van der Waals surface area (Å²) in [5.74, 6) is 1.55. The molecule has 0 spiro atoms. The van der Waals surface area contributed by atoms with Gasteiger partial charge in [0.05, 0.1) is 13.2 Å². The van der Waals surface area contributed by atoms with Gasteiger partial charge in [-0.25, -0.2) is 0 Å². The SMILES string of the molecule is CC(C)CCOc1ccc(NC(=O)CN(C)C2CCCCC2)cc1. The fourth-order valence-electron chi connectivity index (χ4n) is 3.12. The predicted molar refractivity (Wildman–Crippen MR) is 99.5 cm³/mol. The second kappa shape index (κ2) is 9.67. The maximum atomic E-state index is 12.2. The lowest BCUT2D eigenvalue weighted by Crippen LogP contribution is -2.39. The van der Waals surface area contributed by atoms with Gasteiger partial charge in [-0.2, -0.15) is 0 Å². The molecule has 24 heavy (non-hydrogen) atoms. The average molecular weight is 332 g/mol. The molecule has 1 saturated carbocycles. The molecule has 0 aliphatic heterocycles. The quantitative estimate of drug-likeness (QED) is 0.771. The van der Waals surface area contributed by atoms with E-state index in [9.17, 15) is 4.79 Å². The second-order valence-corrected chi connectivity index (χ2v) is 7.31. The minimum atomic E-state index is 0.0524. The molecule has 0 heterocycles. The van der Waals surface area contributed by atoms with Gasteiger partial charge in [0.25, 0.3) is 0 Å². The summed E-state index contributed by atoms with van der Waals surface area (Å²) in [5.41, 5.74) is 0.827. The molecular formula is C20H32N2O2. The molecule has 2 rings (SSSR count). The molecule has 0 atom stereocenters. The van der Waals surface area contributed by atoms with Gasteiger partial charge in [0, 0.05) is 11.7 Å². The minimum absolute atomic E-state index is 0.0524. The molecule has 0 aromatic heterocycles. The van der Waals surface area contributed by atoms with Crippen LogP contribution in [0.25, 0.3) is 0 Å². The van der Waals surface area contributed by atoms with Crippen molar-refractivity contribution in [1.82, 2.24) is 4.90 Å². The molecule has 0 radical (unpaired) electrons. The Morgan fingerprint density at radius 3 is 2.50 bits per heavy atom. The van der Waals surface area contributed by atoms with Crippen molar-refractivity contribution in [2.75, 3.05) is 25.5 Å². The summed E-state index contributed by atoms with van der Waals surface area (Å²) in [5, 5.41) is 2.98. The van der Waals surface area contributed by atoms with Gasteiger partial charge in [-0.3, -0.25) is 9.69 Å². The molecule has 1 amide bonds. The number of nitrogens with one attached hydrogen (secondary N) is 1. The van der Waals surface area contributed by atoms with Crippen molar-refractivity contribution in [3.63, 3.8) is 0 Å². The van der Waals surface area contributed by atoms with Gasteiger partial charge in [0.15, 0.2) is 0 Å². The Morgan fingerprint density at radius 1 is 1.21 bits per heavy atom. The van der Waals surface area contributed by atoms with E-state index in [4.69, 9.17) is 4.74 Å². The summed E-state index contributed by atoms with van der Waals surface area (Å²) in [6, 6.07) is 8.20. The molecule has 1 aliphatic rings. The largest absolute Gasteiger partial charge is 0.494 e. The van der Waals surface area contributed by atoms with Crippen molar-refractivity contribution in [2.45, 2.75) is 58.4 Å². The summed E-state index contributed by atoms with van der Waals surface area (Å²) in [6.45, 7) is 5.56. The molecule has 1 N–H and O–H groups in total. The first kappa shape index (κ1) is 18.8. The van der Waals surface area contributed by atoms with Crippen molar-refractivity contribution in [3.05, 3.63) is 24.3 Å². The first-order valence-corrected chi connectivity index (χ1v) is 9.27. The van der Waals surface area contributed by atoms with E-state index in [0.717, 1.165) is 24.5 Å². The van der Waals surface area contributed by atoms with Crippen LogP contribution in [-0.4, -0.2) is 37.0 Å². The van der Waals surface area contributed by atoms with E-state index in [1.807, 2.05) is 24.3 Å². The number of hydrogen-bond donors (Lipinski definition) is 1. The summed E-state index contributed by atoms with van der Waals surface area (Å²) in [6.07, 6.45) is 7.39. The van der Waals surface area contributed by atoms with Crippen molar-refractivity contribution < 1.29 is 9.53 Å². The third kappa shape index (κ3) is 6.52. The van der Waals surface area contributed by atoms with Crippen LogP contribution in [0.5, 0.6) is 5.75 Å². The highest BCUT2D eigenvalue weighted by Crippen LogP contribution is 2.21. The fraction of sp³-hybridized carbons (Fsp3) is 0.650. The van der Waals surface area contributed by atoms with E-state index in [-0.39, 0.29) is 5.91 Å². The van der Waals surface area contributed by atoms with Gasteiger partial charge in [0.1, 0.15) is 5.75 Å². The van der Waals surface area contributed by atoms with Gasteiger partial charge in [-0.1, -0.05) is 33.1 Å². The predicted octanol–water partition coefficient (Wildman–Crippen LogP) is 4.31. The Kier molecular flexibility index (Phi) is 7.57. The van der Waals surface area contributed by atoms with Gasteiger partial charge in [-0.15, -0.1) is 0 Å². The van der Waals surface area contributed by atoms with Crippen LogP contribution in [0.15, 0.2) is 24.3 Å². The van der Waals surface area contributed by atoms with Gasteiger partial charge < -0.3 is 10.1 Å². The fourth-order valence-corrected chi connectivity index (χ4v) is 3.12. The van der Waals surface area contributed by atoms with Crippen LogP contribution in [0.1, 0.15) is 52.4 Å². The maximum Gasteiger partial charge on any atom is 0.238 e. The lowest BCUT2D eigenvalue weighted by atomic mass is 9.94. The van der Waals surface area contributed by atoms with E-state index < -0.39 is 0 Å². The van der Waals surface area contributed by atoms with E-state index in [2.05, 4.69) is 31.1 Å². The first-order chi connectivity index (χ1) is 11.5. The summed E-state index contributed by atoms with van der Waals surface area (Å²) < 4.78 is 5.70. The summed E-state index contributed by atoms with van der Waals surface area (Å²) >= 11 is 0. The third-order valence-corrected chi connectivity index (χ3v) is 4.69. The number of rotatable bonds is 8. The normalized spacial score (nSPS) is 15.7. The molecule has 0 saturated heterocycles. The highest BCUT2D eigenvalue weighted by molar-refractivity contribution is 5.92. The molecule has 1 aliphatic carbocycles. The lowest BCUT2D eigenvalue weighted by Gasteiger charge is -2.30. The number of anilines is 1. The molecule has 0 bridgehead atoms. The molecule has 4 heteroatoms. The Hall–Kier alpha value is -1.55. The zero-order valence-corrected chi connectivity index (χ0v) is 15.4. The summed E-state index contributed by atoms with van der Waals surface area (Å²) in [7, 11) is 2.06. The topological polar surface area (TPSA) is 41.6 Å². The average Bonchev–Trinajstić information content (AvgIpc) is 2.57. The molecule has 1 fully saturated rings. The molecule has 0 unspecified atom stereocenters. The number of nitrogens with zero attached hydrogens (tertiary/aromatic N) is 1. The van der Waals surface area contributed by atoms with Gasteiger partial charge in [0.2, 0.25) is 5.91 Å². The zero-order valence-electron chi connectivity index (χ0n) is 15.4. The standard InChI is InChI=1S/C20H32N2O2/c1-16(2)13-14-24-19-11-9-17(10-12-19)21-20(23)15-22(3)18-7-5-4-6-8-18/h9-12,16,18H,4-8,13-15H2,1-3H3,(H,21,23). The van der Waals surface area contributed by atoms with Crippen molar-refractivity contribution in [3.8, 4) is 5.75 Å². The van der Waals surface area contributed by atoms with Crippen molar-refractivity contribution in [2.24, 2.45) is 5.92 Å². The van der Waals surface area contributed by atoms with E-state index in [1.54, 1.807) is 0 Å². The molecule has 1 aromatic carbocycles. The van der Waals surface area contributed by atoms with Crippen molar-refractivity contribution >= 4 is 11.6 Å². The highest BCUT2D eigenvalue weighted by Gasteiger charge is 2.19. The zero-order chi connectivity index (χ0) is 17.4. The van der Waals surface area contributed by atoms with E-state index >= 15 is 0 Å². The van der Waals surface area contributed by atoms with Gasteiger partial charge in [-0.05, 0) is 56.5 Å². The Bertz CT molecular complexity index is 493. The Balaban J connectivity index is 1.74. The Morgan fingerprint density at radius 2 is 1.88 bits per heavy atom. The van der Waals surface area contributed by atoms with Crippen LogP contribution in [-0.2, 0) is 4.79 Å².